The van der Waals surface area contributed by atoms with Gasteiger partial charge < -0.3 is 9.47 Å². The molecule has 122 valence electrons. The normalized spacial score (nSPS) is 19.8. The predicted molar refractivity (Wildman–Crippen MR) is 78.8 cm³/mol. The second-order valence-corrected chi connectivity index (χ2v) is 6.84. The number of carbonyl (C=O) groups is 1. The molecular formula is C15H20O6S. The van der Waals surface area contributed by atoms with E-state index in [0.717, 1.165) is 18.4 Å². The standard InChI is InChI=1S/C15H20O6S/c1-11-5-7-14(8-6-11)22(17,18)21-12(2)15(16)20-10-13-4-3-9-19-13/h5-8,12-13H,3-4,9-10H2,1-2H3/t12-,13?/m0/s1. The Morgan fingerprint density at radius 2 is 2.05 bits per heavy atom. The molecule has 0 amide bonds. The molecule has 2 rings (SSSR count). The van der Waals surface area contributed by atoms with E-state index in [1.807, 2.05) is 6.92 Å². The SMILES string of the molecule is Cc1ccc(S(=O)(=O)O[C@@H](C)C(=O)OCC2CCCO2)cc1. The van der Waals surface area contributed by atoms with Gasteiger partial charge in [-0.15, -0.1) is 0 Å². The summed E-state index contributed by atoms with van der Waals surface area (Å²) in [5, 5.41) is 0. The summed E-state index contributed by atoms with van der Waals surface area (Å²) < 4.78 is 39.4. The van der Waals surface area contributed by atoms with Crippen molar-refractivity contribution in [3.63, 3.8) is 0 Å². The van der Waals surface area contributed by atoms with Crippen molar-refractivity contribution >= 4 is 16.1 Å². The summed E-state index contributed by atoms with van der Waals surface area (Å²) in [5.74, 6) is -0.716. The average Bonchev–Trinajstić information content (AvgIpc) is 2.98. The van der Waals surface area contributed by atoms with E-state index < -0.39 is 22.2 Å². The highest BCUT2D eigenvalue weighted by Gasteiger charge is 2.26. The zero-order valence-corrected chi connectivity index (χ0v) is 13.5. The van der Waals surface area contributed by atoms with Gasteiger partial charge in [0, 0.05) is 6.61 Å². The Morgan fingerprint density at radius 3 is 2.64 bits per heavy atom. The van der Waals surface area contributed by atoms with Gasteiger partial charge in [0.05, 0.1) is 11.0 Å². The molecule has 6 nitrogen and oxygen atoms in total. The molecule has 1 heterocycles. The van der Waals surface area contributed by atoms with Gasteiger partial charge in [0.2, 0.25) is 0 Å². The Bertz CT molecular complexity index is 601. The van der Waals surface area contributed by atoms with Crippen LogP contribution in [-0.4, -0.2) is 39.8 Å². The van der Waals surface area contributed by atoms with Gasteiger partial charge in [-0.2, -0.15) is 8.42 Å². The van der Waals surface area contributed by atoms with Crippen LogP contribution in [0, 0.1) is 6.92 Å². The molecule has 0 radical (unpaired) electrons. The topological polar surface area (TPSA) is 78.9 Å². The molecule has 1 aromatic carbocycles. The Balaban J connectivity index is 1.90. The summed E-state index contributed by atoms with van der Waals surface area (Å²) in [7, 11) is -3.99. The minimum Gasteiger partial charge on any atom is -0.461 e. The Kier molecular flexibility index (Phi) is 5.55. The van der Waals surface area contributed by atoms with E-state index in [1.165, 1.54) is 19.1 Å². The van der Waals surface area contributed by atoms with Crippen molar-refractivity contribution < 1.29 is 26.9 Å². The predicted octanol–water partition coefficient (Wildman–Crippen LogP) is 1.81. The molecule has 1 aliphatic heterocycles. The lowest BCUT2D eigenvalue weighted by Gasteiger charge is -2.15. The molecule has 22 heavy (non-hydrogen) atoms. The van der Waals surface area contributed by atoms with Gasteiger partial charge in [0.15, 0.2) is 6.10 Å². The largest absolute Gasteiger partial charge is 0.461 e. The van der Waals surface area contributed by atoms with Crippen LogP contribution >= 0.6 is 0 Å². The Hall–Kier alpha value is -1.44. The van der Waals surface area contributed by atoms with Gasteiger partial charge in [-0.1, -0.05) is 17.7 Å². The molecule has 7 heteroatoms. The lowest BCUT2D eigenvalue weighted by molar-refractivity contribution is -0.154. The number of hydrogen-bond acceptors (Lipinski definition) is 6. The van der Waals surface area contributed by atoms with Crippen molar-refractivity contribution in [3.8, 4) is 0 Å². The molecule has 1 saturated heterocycles. The number of rotatable bonds is 6. The van der Waals surface area contributed by atoms with E-state index in [1.54, 1.807) is 12.1 Å². The maximum absolute atomic E-state index is 12.1. The number of ether oxygens (including phenoxy) is 2. The van der Waals surface area contributed by atoms with Crippen molar-refractivity contribution in [1.29, 1.82) is 0 Å². The molecule has 0 spiro atoms. The van der Waals surface area contributed by atoms with Gasteiger partial charge >= 0.3 is 5.97 Å². The van der Waals surface area contributed by atoms with Crippen LogP contribution in [0.25, 0.3) is 0 Å². The van der Waals surface area contributed by atoms with Crippen molar-refractivity contribution in [2.75, 3.05) is 13.2 Å². The highest BCUT2D eigenvalue weighted by Crippen LogP contribution is 2.16. The number of carbonyl (C=O) groups excluding carboxylic acids is 1. The van der Waals surface area contributed by atoms with Crippen LogP contribution in [0.15, 0.2) is 29.2 Å². The first-order valence-electron chi connectivity index (χ1n) is 7.17. The monoisotopic (exact) mass is 328 g/mol. The molecule has 1 unspecified atom stereocenters. The van der Waals surface area contributed by atoms with Crippen molar-refractivity contribution in [2.24, 2.45) is 0 Å². The van der Waals surface area contributed by atoms with Gasteiger partial charge in [-0.25, -0.2) is 4.79 Å². The molecule has 1 aromatic rings. The van der Waals surface area contributed by atoms with Gasteiger partial charge in [0.25, 0.3) is 10.1 Å². The zero-order chi connectivity index (χ0) is 16.2. The van der Waals surface area contributed by atoms with Gasteiger partial charge in [0.1, 0.15) is 6.61 Å². The molecule has 0 bridgehead atoms. The van der Waals surface area contributed by atoms with Crippen molar-refractivity contribution in [3.05, 3.63) is 29.8 Å². The number of hydrogen-bond donors (Lipinski definition) is 0. The zero-order valence-electron chi connectivity index (χ0n) is 12.7. The van der Waals surface area contributed by atoms with E-state index in [4.69, 9.17) is 13.7 Å². The fourth-order valence-corrected chi connectivity index (χ4v) is 3.10. The summed E-state index contributed by atoms with van der Waals surface area (Å²) in [6.45, 7) is 3.99. The van der Waals surface area contributed by atoms with Crippen molar-refractivity contribution in [2.45, 2.75) is 43.8 Å². The van der Waals surface area contributed by atoms with Crippen LogP contribution in [-0.2, 0) is 28.6 Å². The minimum atomic E-state index is -3.99. The Labute approximate surface area is 130 Å². The first-order valence-corrected chi connectivity index (χ1v) is 8.57. The smallest absolute Gasteiger partial charge is 0.336 e. The third kappa shape index (κ3) is 4.53. The summed E-state index contributed by atoms with van der Waals surface area (Å²) in [4.78, 5) is 11.8. The van der Waals surface area contributed by atoms with Crippen LogP contribution in [0.4, 0.5) is 0 Å². The molecule has 2 atom stereocenters. The lowest BCUT2D eigenvalue weighted by atomic mass is 10.2. The van der Waals surface area contributed by atoms with Crippen LogP contribution in [0.1, 0.15) is 25.3 Å². The van der Waals surface area contributed by atoms with Crippen LogP contribution in [0.2, 0.25) is 0 Å². The fourth-order valence-electron chi connectivity index (χ4n) is 2.06. The number of aryl methyl sites for hydroxylation is 1. The van der Waals surface area contributed by atoms with E-state index >= 15 is 0 Å². The molecule has 1 aliphatic rings. The van der Waals surface area contributed by atoms with Crippen LogP contribution in [0.5, 0.6) is 0 Å². The van der Waals surface area contributed by atoms with E-state index in [2.05, 4.69) is 0 Å². The highest BCUT2D eigenvalue weighted by molar-refractivity contribution is 7.86. The van der Waals surface area contributed by atoms with E-state index in [-0.39, 0.29) is 17.6 Å². The number of benzene rings is 1. The molecule has 0 aliphatic carbocycles. The first kappa shape index (κ1) is 16.9. The van der Waals surface area contributed by atoms with E-state index in [0.29, 0.717) is 6.61 Å². The lowest BCUT2D eigenvalue weighted by Crippen LogP contribution is -2.29. The first-order chi connectivity index (χ1) is 10.4. The Morgan fingerprint density at radius 1 is 1.36 bits per heavy atom. The summed E-state index contributed by atoms with van der Waals surface area (Å²) in [6.07, 6.45) is 0.470. The second-order valence-electron chi connectivity index (χ2n) is 5.27. The van der Waals surface area contributed by atoms with Crippen LogP contribution in [0.3, 0.4) is 0 Å². The molecule has 1 fully saturated rings. The van der Waals surface area contributed by atoms with Gasteiger partial charge in [-0.3, -0.25) is 4.18 Å². The van der Waals surface area contributed by atoms with Crippen LogP contribution < -0.4 is 0 Å². The van der Waals surface area contributed by atoms with Crippen molar-refractivity contribution in [1.82, 2.24) is 0 Å². The fraction of sp³-hybridized carbons (Fsp3) is 0.533. The summed E-state index contributed by atoms with van der Waals surface area (Å²) >= 11 is 0. The third-order valence-corrected chi connectivity index (χ3v) is 4.74. The maximum atomic E-state index is 12.1. The second kappa shape index (κ2) is 7.21. The average molecular weight is 328 g/mol. The van der Waals surface area contributed by atoms with Gasteiger partial charge in [-0.05, 0) is 38.8 Å². The van der Waals surface area contributed by atoms with E-state index in [9.17, 15) is 13.2 Å². The third-order valence-electron chi connectivity index (χ3n) is 3.35. The minimum absolute atomic E-state index is 0.0110. The summed E-state index contributed by atoms with van der Waals surface area (Å²) in [6, 6.07) is 6.21. The highest BCUT2D eigenvalue weighted by atomic mass is 32.2. The molecule has 0 saturated carbocycles. The maximum Gasteiger partial charge on any atom is 0.336 e. The number of esters is 1. The molecule has 0 N–H and O–H groups in total. The molecule has 0 aromatic heterocycles. The molecular weight excluding hydrogens is 308 g/mol. The summed E-state index contributed by atoms with van der Waals surface area (Å²) in [5.41, 5.74) is 0.933. The quantitative estimate of drug-likeness (QED) is 0.585.